The van der Waals surface area contributed by atoms with Crippen LogP contribution in [0.3, 0.4) is 0 Å². The zero-order chi connectivity index (χ0) is 13.8. The second-order valence-corrected chi connectivity index (χ2v) is 5.22. The highest BCUT2D eigenvalue weighted by Gasteiger charge is 2.08. The van der Waals surface area contributed by atoms with Gasteiger partial charge in [0.2, 0.25) is 5.13 Å². The van der Waals surface area contributed by atoms with Gasteiger partial charge in [-0.1, -0.05) is 26.0 Å². The average Bonchev–Trinajstić information content (AvgIpc) is 2.85. The quantitative estimate of drug-likeness (QED) is 0.878. The molecule has 1 aromatic heterocycles. The number of aromatic nitrogens is 2. The smallest absolute Gasteiger partial charge is 0.335 e. The second kappa shape index (κ2) is 5.79. The molecular formula is C13H15N3O2S. The Bertz CT molecular complexity index is 581. The van der Waals surface area contributed by atoms with Crippen LogP contribution in [0.15, 0.2) is 24.3 Å². The molecule has 0 spiro atoms. The predicted molar refractivity (Wildman–Crippen MR) is 74.7 cm³/mol. The second-order valence-electron chi connectivity index (χ2n) is 4.47. The van der Waals surface area contributed by atoms with Crippen molar-refractivity contribution in [3.05, 3.63) is 41.2 Å². The summed E-state index contributed by atoms with van der Waals surface area (Å²) in [4.78, 5) is 15.2. The Kier molecular flexibility index (Phi) is 4.11. The van der Waals surface area contributed by atoms with Gasteiger partial charge in [0.1, 0.15) is 5.82 Å². The van der Waals surface area contributed by atoms with Gasteiger partial charge in [0, 0.05) is 24.0 Å². The van der Waals surface area contributed by atoms with Crippen LogP contribution in [0.25, 0.3) is 0 Å². The fraction of sp³-hybridized carbons (Fsp3) is 0.308. The zero-order valence-corrected chi connectivity index (χ0v) is 11.6. The van der Waals surface area contributed by atoms with Crippen molar-refractivity contribution in [3.8, 4) is 0 Å². The summed E-state index contributed by atoms with van der Waals surface area (Å²) < 4.78 is 4.25. The fourth-order valence-corrected chi connectivity index (χ4v) is 2.24. The van der Waals surface area contributed by atoms with Gasteiger partial charge in [-0.25, -0.2) is 9.78 Å². The molecule has 0 saturated heterocycles. The minimum atomic E-state index is -0.917. The van der Waals surface area contributed by atoms with E-state index in [4.69, 9.17) is 5.11 Å². The van der Waals surface area contributed by atoms with Crippen molar-refractivity contribution in [3.63, 3.8) is 0 Å². The van der Waals surface area contributed by atoms with Gasteiger partial charge in [-0.05, 0) is 17.7 Å². The van der Waals surface area contributed by atoms with Crippen LogP contribution in [-0.2, 0) is 6.54 Å². The summed E-state index contributed by atoms with van der Waals surface area (Å²) in [5.41, 5.74) is 1.20. The molecule has 0 fully saturated rings. The van der Waals surface area contributed by atoms with E-state index in [1.807, 2.05) is 19.9 Å². The van der Waals surface area contributed by atoms with Crippen LogP contribution in [0.2, 0.25) is 0 Å². The lowest BCUT2D eigenvalue weighted by Gasteiger charge is -2.03. The molecule has 0 unspecified atom stereocenters. The molecule has 2 rings (SSSR count). The molecule has 0 saturated carbocycles. The Morgan fingerprint density at radius 1 is 1.47 bits per heavy atom. The number of carboxylic acids is 1. The van der Waals surface area contributed by atoms with Crippen LogP contribution >= 0.6 is 11.5 Å². The molecule has 2 aromatic rings. The first-order chi connectivity index (χ1) is 9.06. The zero-order valence-electron chi connectivity index (χ0n) is 10.8. The number of hydrogen-bond donors (Lipinski definition) is 2. The van der Waals surface area contributed by atoms with E-state index in [1.165, 1.54) is 11.5 Å². The Labute approximate surface area is 115 Å². The van der Waals surface area contributed by atoms with Gasteiger partial charge < -0.3 is 10.4 Å². The SMILES string of the molecule is CC(C)c1nsc(NCc2cccc(C(=O)O)c2)n1. The maximum Gasteiger partial charge on any atom is 0.335 e. The number of nitrogens with zero attached hydrogens (tertiary/aromatic N) is 2. The summed E-state index contributed by atoms with van der Waals surface area (Å²) in [6.07, 6.45) is 0. The largest absolute Gasteiger partial charge is 0.478 e. The van der Waals surface area contributed by atoms with E-state index in [9.17, 15) is 4.79 Å². The number of carboxylic acid groups (broad SMARTS) is 1. The van der Waals surface area contributed by atoms with E-state index in [2.05, 4.69) is 14.7 Å². The molecule has 1 heterocycles. The summed E-state index contributed by atoms with van der Waals surface area (Å²) in [5, 5.41) is 12.8. The first kappa shape index (κ1) is 13.5. The molecule has 5 nitrogen and oxygen atoms in total. The number of aromatic carboxylic acids is 1. The van der Waals surface area contributed by atoms with Crippen molar-refractivity contribution in [2.24, 2.45) is 0 Å². The third kappa shape index (κ3) is 3.51. The minimum Gasteiger partial charge on any atom is -0.478 e. The Balaban J connectivity index is 2.01. The lowest BCUT2D eigenvalue weighted by atomic mass is 10.1. The minimum absolute atomic E-state index is 0.291. The maximum absolute atomic E-state index is 10.9. The third-order valence-electron chi connectivity index (χ3n) is 2.58. The standard InChI is InChI=1S/C13H15N3O2S/c1-8(2)11-15-13(19-16-11)14-7-9-4-3-5-10(6-9)12(17)18/h3-6,8H,7H2,1-2H3,(H,17,18)(H,14,15,16). The molecule has 1 aromatic carbocycles. The van der Waals surface area contributed by atoms with Gasteiger partial charge >= 0.3 is 5.97 Å². The summed E-state index contributed by atoms with van der Waals surface area (Å²) in [5.74, 6) is 0.216. The van der Waals surface area contributed by atoms with Crippen molar-refractivity contribution in [1.82, 2.24) is 9.36 Å². The van der Waals surface area contributed by atoms with Gasteiger partial charge in [0.15, 0.2) is 0 Å². The summed E-state index contributed by atoms with van der Waals surface area (Å²) in [6.45, 7) is 4.62. The lowest BCUT2D eigenvalue weighted by molar-refractivity contribution is 0.0697. The molecule has 0 aliphatic carbocycles. The van der Waals surface area contributed by atoms with Crippen LogP contribution in [0.4, 0.5) is 5.13 Å². The van der Waals surface area contributed by atoms with Crippen LogP contribution in [0.1, 0.15) is 41.5 Å². The van der Waals surface area contributed by atoms with Crippen molar-refractivity contribution in [2.75, 3.05) is 5.32 Å². The Morgan fingerprint density at radius 3 is 2.89 bits per heavy atom. The molecule has 19 heavy (non-hydrogen) atoms. The number of nitrogens with one attached hydrogen (secondary N) is 1. The average molecular weight is 277 g/mol. The van der Waals surface area contributed by atoms with Gasteiger partial charge in [0.25, 0.3) is 0 Å². The molecule has 0 radical (unpaired) electrons. The van der Waals surface area contributed by atoms with Gasteiger partial charge in [-0.3, -0.25) is 0 Å². The van der Waals surface area contributed by atoms with E-state index in [1.54, 1.807) is 18.2 Å². The van der Waals surface area contributed by atoms with Gasteiger partial charge in [-0.2, -0.15) is 4.37 Å². The first-order valence-electron chi connectivity index (χ1n) is 5.96. The highest BCUT2D eigenvalue weighted by atomic mass is 32.1. The van der Waals surface area contributed by atoms with Crippen LogP contribution < -0.4 is 5.32 Å². The normalized spacial score (nSPS) is 10.7. The van der Waals surface area contributed by atoms with Crippen LogP contribution in [0, 0.1) is 0 Å². The molecule has 0 atom stereocenters. The van der Waals surface area contributed by atoms with Gasteiger partial charge in [0.05, 0.1) is 5.56 Å². The number of hydrogen-bond acceptors (Lipinski definition) is 5. The highest BCUT2D eigenvalue weighted by Crippen LogP contribution is 2.18. The number of anilines is 1. The summed E-state index contributed by atoms with van der Waals surface area (Å²) >= 11 is 1.32. The monoisotopic (exact) mass is 277 g/mol. The number of carbonyl (C=O) groups is 1. The van der Waals surface area contributed by atoms with Crippen molar-refractivity contribution in [1.29, 1.82) is 0 Å². The molecule has 2 N–H and O–H groups in total. The molecule has 6 heteroatoms. The molecule has 0 aliphatic rings. The van der Waals surface area contributed by atoms with E-state index in [0.717, 1.165) is 16.5 Å². The fourth-order valence-electron chi connectivity index (χ4n) is 1.53. The Morgan fingerprint density at radius 2 is 2.26 bits per heavy atom. The summed E-state index contributed by atoms with van der Waals surface area (Å²) in [6, 6.07) is 6.84. The highest BCUT2D eigenvalue weighted by molar-refractivity contribution is 7.09. The van der Waals surface area contributed by atoms with Gasteiger partial charge in [-0.15, -0.1) is 0 Å². The maximum atomic E-state index is 10.9. The van der Waals surface area contributed by atoms with Crippen molar-refractivity contribution >= 4 is 22.6 Å². The summed E-state index contributed by atoms with van der Waals surface area (Å²) in [7, 11) is 0. The van der Waals surface area contributed by atoms with Crippen LogP contribution in [0.5, 0.6) is 0 Å². The topological polar surface area (TPSA) is 75.1 Å². The molecule has 0 bridgehead atoms. The number of rotatable bonds is 5. The van der Waals surface area contributed by atoms with E-state index in [-0.39, 0.29) is 0 Å². The van der Waals surface area contributed by atoms with E-state index < -0.39 is 5.97 Å². The van der Waals surface area contributed by atoms with E-state index >= 15 is 0 Å². The molecule has 0 aliphatic heterocycles. The Hall–Kier alpha value is -1.95. The third-order valence-corrected chi connectivity index (χ3v) is 3.26. The lowest BCUT2D eigenvalue weighted by Crippen LogP contribution is -2.02. The van der Waals surface area contributed by atoms with Crippen molar-refractivity contribution in [2.45, 2.75) is 26.3 Å². The van der Waals surface area contributed by atoms with Crippen LogP contribution in [-0.4, -0.2) is 20.4 Å². The number of benzene rings is 1. The molecular weight excluding hydrogens is 262 g/mol. The van der Waals surface area contributed by atoms with Crippen molar-refractivity contribution < 1.29 is 9.90 Å². The predicted octanol–water partition coefficient (Wildman–Crippen LogP) is 2.97. The molecule has 100 valence electrons. The molecule has 0 amide bonds. The first-order valence-corrected chi connectivity index (χ1v) is 6.73. The van der Waals surface area contributed by atoms with E-state index in [0.29, 0.717) is 18.0 Å².